The largest absolute Gasteiger partial charge is 0.488 e. The van der Waals surface area contributed by atoms with E-state index in [1.807, 2.05) is 50.2 Å². The first kappa shape index (κ1) is 19.9. The van der Waals surface area contributed by atoms with Gasteiger partial charge in [0.25, 0.3) is 11.8 Å². The Morgan fingerprint density at radius 2 is 1.50 bits per heavy atom. The van der Waals surface area contributed by atoms with Crippen LogP contribution in [0.4, 0.5) is 0 Å². The molecule has 0 radical (unpaired) electrons. The van der Waals surface area contributed by atoms with Crippen molar-refractivity contribution in [2.75, 3.05) is 0 Å². The van der Waals surface area contributed by atoms with Crippen LogP contribution in [0.2, 0.25) is 5.02 Å². The predicted octanol–water partition coefficient (Wildman–Crippen LogP) is 5.17. The Bertz CT molecular complexity index is 1110. The third kappa shape index (κ3) is 3.84. The van der Waals surface area contributed by atoms with Crippen molar-refractivity contribution in [1.29, 1.82) is 0 Å². The van der Waals surface area contributed by atoms with Crippen molar-refractivity contribution >= 4 is 29.6 Å². The molecule has 1 aliphatic rings. The van der Waals surface area contributed by atoms with Crippen LogP contribution in [0.3, 0.4) is 0 Å². The van der Waals surface area contributed by atoms with Crippen LogP contribution in [-0.4, -0.2) is 23.0 Å². The lowest BCUT2D eigenvalue weighted by Crippen LogP contribution is -2.24. The minimum Gasteiger partial charge on any atom is -0.488 e. The molecule has 0 atom stereocenters. The summed E-state index contributed by atoms with van der Waals surface area (Å²) in [5.41, 5.74) is 4.42. The second-order valence-corrected chi connectivity index (χ2v) is 7.55. The Kier molecular flexibility index (Phi) is 5.38. The van der Waals surface area contributed by atoms with Crippen LogP contribution < -0.4 is 4.74 Å². The summed E-state index contributed by atoms with van der Waals surface area (Å²) < 4.78 is 6.00. The van der Waals surface area contributed by atoms with Gasteiger partial charge in [-0.25, -0.2) is 0 Å². The maximum absolute atomic E-state index is 12.4. The first-order chi connectivity index (χ1) is 14.4. The van der Waals surface area contributed by atoms with E-state index < -0.39 is 11.8 Å². The summed E-state index contributed by atoms with van der Waals surface area (Å²) in [5, 5.41) is 5.73. The molecule has 6 heteroatoms. The molecule has 0 N–H and O–H groups in total. The molecule has 0 aromatic heterocycles. The lowest BCUT2D eigenvalue weighted by atomic mass is 10.1. The highest BCUT2D eigenvalue weighted by Gasteiger charge is 2.35. The molecule has 1 aliphatic heterocycles. The maximum Gasteiger partial charge on any atom is 0.282 e. The Balaban J connectivity index is 1.50. The molecular formula is C24H19ClN2O3. The smallest absolute Gasteiger partial charge is 0.282 e. The Morgan fingerprint density at radius 3 is 2.07 bits per heavy atom. The summed E-state index contributed by atoms with van der Waals surface area (Å²) in [6.45, 7) is 4.33. The number of benzene rings is 3. The fourth-order valence-electron chi connectivity index (χ4n) is 3.43. The SMILES string of the molecule is Cc1cc(/C=N\N2C(=O)c3ccccc3C2=O)cc(C)c1OCc1ccc(Cl)cc1. The van der Waals surface area contributed by atoms with Crippen molar-refractivity contribution < 1.29 is 14.3 Å². The normalized spacial score (nSPS) is 13.2. The highest BCUT2D eigenvalue weighted by atomic mass is 35.5. The number of ether oxygens (including phenoxy) is 1. The van der Waals surface area contributed by atoms with Gasteiger partial charge in [0, 0.05) is 5.02 Å². The molecule has 0 unspecified atom stereocenters. The zero-order chi connectivity index (χ0) is 21.3. The van der Waals surface area contributed by atoms with Crippen LogP contribution >= 0.6 is 11.6 Å². The van der Waals surface area contributed by atoms with Gasteiger partial charge in [0.1, 0.15) is 12.4 Å². The van der Waals surface area contributed by atoms with E-state index in [9.17, 15) is 9.59 Å². The molecule has 3 aromatic carbocycles. The van der Waals surface area contributed by atoms with Gasteiger partial charge in [-0.05, 0) is 72.5 Å². The number of hydrogen-bond acceptors (Lipinski definition) is 4. The van der Waals surface area contributed by atoms with Crippen molar-refractivity contribution in [2.45, 2.75) is 20.5 Å². The third-order valence-electron chi connectivity index (χ3n) is 4.87. The van der Waals surface area contributed by atoms with Gasteiger partial charge in [-0.2, -0.15) is 10.1 Å². The van der Waals surface area contributed by atoms with Crippen LogP contribution in [0.25, 0.3) is 0 Å². The van der Waals surface area contributed by atoms with Gasteiger partial charge in [0.05, 0.1) is 17.3 Å². The number of nitrogens with zero attached hydrogens (tertiary/aromatic N) is 2. The van der Waals surface area contributed by atoms with Gasteiger partial charge >= 0.3 is 0 Å². The third-order valence-corrected chi connectivity index (χ3v) is 5.13. The molecule has 150 valence electrons. The molecule has 0 spiro atoms. The van der Waals surface area contributed by atoms with E-state index in [1.54, 1.807) is 24.3 Å². The minimum absolute atomic E-state index is 0.373. The summed E-state index contributed by atoms with van der Waals surface area (Å²) in [6, 6.07) is 18.1. The zero-order valence-corrected chi connectivity index (χ0v) is 17.3. The first-order valence-corrected chi connectivity index (χ1v) is 9.82. The van der Waals surface area contributed by atoms with E-state index in [0.717, 1.165) is 33.0 Å². The van der Waals surface area contributed by atoms with E-state index in [2.05, 4.69) is 5.10 Å². The number of carbonyl (C=O) groups is 2. The van der Waals surface area contributed by atoms with E-state index in [1.165, 1.54) is 6.21 Å². The Morgan fingerprint density at radius 1 is 0.933 bits per heavy atom. The van der Waals surface area contributed by atoms with Gasteiger partial charge < -0.3 is 4.74 Å². The predicted molar refractivity (Wildman–Crippen MR) is 116 cm³/mol. The molecule has 1 heterocycles. The average Bonchev–Trinajstić information content (AvgIpc) is 2.97. The highest BCUT2D eigenvalue weighted by Crippen LogP contribution is 2.26. The second-order valence-electron chi connectivity index (χ2n) is 7.11. The van der Waals surface area contributed by atoms with E-state index in [-0.39, 0.29) is 0 Å². The summed E-state index contributed by atoms with van der Waals surface area (Å²) in [4.78, 5) is 24.8. The van der Waals surface area contributed by atoms with E-state index in [0.29, 0.717) is 22.8 Å². The number of imide groups is 1. The molecule has 3 aromatic rings. The quantitative estimate of drug-likeness (QED) is 0.424. The number of hydrogen-bond donors (Lipinski definition) is 0. The summed E-state index contributed by atoms with van der Waals surface area (Å²) in [7, 11) is 0. The molecule has 0 bridgehead atoms. The van der Waals surface area contributed by atoms with Crippen molar-refractivity contribution in [3.63, 3.8) is 0 Å². The van der Waals surface area contributed by atoms with Gasteiger partial charge in [0.2, 0.25) is 0 Å². The van der Waals surface area contributed by atoms with Crippen LogP contribution in [0, 0.1) is 13.8 Å². The van der Waals surface area contributed by atoms with Crippen LogP contribution in [-0.2, 0) is 6.61 Å². The molecule has 4 rings (SSSR count). The van der Waals surface area contributed by atoms with Crippen molar-refractivity contribution in [3.8, 4) is 5.75 Å². The van der Waals surface area contributed by atoms with Crippen molar-refractivity contribution in [3.05, 3.63) is 99.1 Å². The van der Waals surface area contributed by atoms with Gasteiger partial charge in [-0.3, -0.25) is 9.59 Å². The molecular weight excluding hydrogens is 400 g/mol. The van der Waals surface area contributed by atoms with E-state index >= 15 is 0 Å². The molecule has 0 saturated carbocycles. The lowest BCUT2D eigenvalue weighted by molar-refractivity contribution is 0.0660. The summed E-state index contributed by atoms with van der Waals surface area (Å²) in [5.74, 6) is -0.0331. The number of aryl methyl sites for hydroxylation is 2. The van der Waals surface area contributed by atoms with Gasteiger partial charge in [0.15, 0.2) is 0 Å². The molecule has 0 aliphatic carbocycles. The molecule has 0 fully saturated rings. The minimum atomic E-state index is -0.414. The Hall–Kier alpha value is -3.44. The van der Waals surface area contributed by atoms with Gasteiger partial charge in [-0.15, -0.1) is 0 Å². The molecule has 0 saturated heterocycles. The van der Waals surface area contributed by atoms with Crippen LogP contribution in [0.5, 0.6) is 5.75 Å². The topological polar surface area (TPSA) is 59.0 Å². The Labute approximate surface area is 179 Å². The lowest BCUT2D eigenvalue weighted by Gasteiger charge is -2.13. The summed E-state index contributed by atoms with van der Waals surface area (Å²) in [6.07, 6.45) is 1.52. The maximum atomic E-state index is 12.4. The van der Waals surface area contributed by atoms with E-state index in [4.69, 9.17) is 16.3 Å². The molecule has 5 nitrogen and oxygen atoms in total. The van der Waals surface area contributed by atoms with Gasteiger partial charge in [-0.1, -0.05) is 35.9 Å². The van der Waals surface area contributed by atoms with Crippen molar-refractivity contribution in [2.24, 2.45) is 5.10 Å². The fraction of sp³-hybridized carbons (Fsp3) is 0.125. The monoisotopic (exact) mass is 418 g/mol. The molecule has 30 heavy (non-hydrogen) atoms. The number of rotatable bonds is 5. The number of halogens is 1. The number of carbonyl (C=O) groups excluding carboxylic acids is 2. The van der Waals surface area contributed by atoms with Crippen LogP contribution in [0.15, 0.2) is 65.8 Å². The fourth-order valence-corrected chi connectivity index (χ4v) is 3.55. The highest BCUT2D eigenvalue weighted by molar-refractivity contribution is 6.30. The second kappa shape index (κ2) is 8.13. The number of hydrazone groups is 1. The summed E-state index contributed by atoms with van der Waals surface area (Å²) >= 11 is 5.92. The zero-order valence-electron chi connectivity index (χ0n) is 16.6. The van der Waals surface area contributed by atoms with Crippen molar-refractivity contribution in [1.82, 2.24) is 5.01 Å². The standard InChI is InChI=1S/C24H19ClN2O3/c1-15-11-18(12-16(2)22(15)30-14-17-7-9-19(25)10-8-17)13-26-27-23(28)20-5-3-4-6-21(20)24(27)29/h3-13H,14H2,1-2H3/b26-13-. The number of amides is 2. The molecule has 2 amide bonds. The first-order valence-electron chi connectivity index (χ1n) is 9.44. The average molecular weight is 419 g/mol. The van der Waals surface area contributed by atoms with Crippen LogP contribution in [0.1, 0.15) is 43.0 Å². The number of fused-ring (bicyclic) bond motifs is 1.